The van der Waals surface area contributed by atoms with Gasteiger partial charge in [-0.15, -0.1) is 0 Å². The van der Waals surface area contributed by atoms with Crippen molar-refractivity contribution in [3.8, 4) is 28.7 Å². The summed E-state index contributed by atoms with van der Waals surface area (Å²) in [4.78, 5) is 26.7. The van der Waals surface area contributed by atoms with Gasteiger partial charge < -0.3 is 24.7 Å². The van der Waals surface area contributed by atoms with Gasteiger partial charge in [-0.1, -0.05) is 30.3 Å². The average molecular weight is 592 g/mol. The lowest BCUT2D eigenvalue weighted by Crippen LogP contribution is -2.49. The summed E-state index contributed by atoms with van der Waals surface area (Å²) in [5.41, 5.74) is 8.70. The molecule has 0 aliphatic carbocycles. The van der Waals surface area contributed by atoms with Gasteiger partial charge in [0.25, 0.3) is 5.91 Å². The van der Waals surface area contributed by atoms with Crippen molar-refractivity contribution < 1.29 is 14.3 Å². The number of ether oxygens (including phenoxy) is 2. The van der Waals surface area contributed by atoms with Gasteiger partial charge in [0.2, 0.25) is 0 Å². The summed E-state index contributed by atoms with van der Waals surface area (Å²) in [5, 5.41) is 10.8. The molecule has 10 nitrogen and oxygen atoms in total. The molecule has 226 valence electrons. The van der Waals surface area contributed by atoms with Crippen LogP contribution in [0.15, 0.2) is 78.8 Å². The lowest BCUT2D eigenvalue weighted by Gasteiger charge is -2.39. The normalized spacial score (nSPS) is 18.0. The summed E-state index contributed by atoms with van der Waals surface area (Å²) in [6.45, 7) is 8.04. The van der Waals surface area contributed by atoms with Crippen molar-refractivity contribution in [3.63, 3.8) is 0 Å². The molecule has 2 N–H and O–H groups in total. The minimum Gasteiger partial charge on any atom is -0.457 e. The van der Waals surface area contributed by atoms with Crippen LogP contribution in [-0.2, 0) is 16.1 Å². The van der Waals surface area contributed by atoms with Gasteiger partial charge in [-0.3, -0.25) is 9.69 Å². The molecule has 44 heavy (non-hydrogen) atoms. The van der Waals surface area contributed by atoms with Gasteiger partial charge in [0, 0.05) is 43.5 Å². The molecule has 1 amide bonds. The van der Waals surface area contributed by atoms with E-state index in [0.717, 1.165) is 53.9 Å². The monoisotopic (exact) mass is 591 g/mol. The van der Waals surface area contributed by atoms with Crippen molar-refractivity contribution in [2.45, 2.75) is 44.8 Å². The predicted molar refractivity (Wildman–Crippen MR) is 169 cm³/mol. The van der Waals surface area contributed by atoms with Gasteiger partial charge in [-0.25, -0.2) is 9.97 Å². The van der Waals surface area contributed by atoms with E-state index in [1.807, 2.05) is 85.6 Å². The van der Waals surface area contributed by atoms with Crippen LogP contribution in [-0.4, -0.2) is 74.7 Å². The lowest BCUT2D eigenvalue weighted by atomic mass is 9.97. The Morgan fingerprint density at radius 1 is 1.09 bits per heavy atom. The molecule has 4 heterocycles. The number of nitriles is 1. The van der Waals surface area contributed by atoms with Crippen LogP contribution >= 0.6 is 0 Å². The number of carbonyl (C=O) groups is 1. The van der Waals surface area contributed by atoms with E-state index in [2.05, 4.69) is 25.5 Å². The van der Waals surface area contributed by atoms with E-state index in [4.69, 9.17) is 15.2 Å². The number of nitrogens with two attached hydrogens (primary N) is 1. The minimum atomic E-state index is -0.443. The molecule has 6 rings (SSSR count). The molecule has 1 atom stereocenters. The number of morpholine rings is 1. The quantitative estimate of drug-likeness (QED) is 0.224. The van der Waals surface area contributed by atoms with E-state index >= 15 is 0 Å². The van der Waals surface area contributed by atoms with E-state index in [-0.39, 0.29) is 17.5 Å². The highest BCUT2D eigenvalue weighted by molar-refractivity contribution is 6.01. The van der Waals surface area contributed by atoms with E-state index in [9.17, 15) is 10.1 Å². The van der Waals surface area contributed by atoms with Crippen molar-refractivity contribution in [2.75, 3.05) is 38.6 Å². The Labute approximate surface area is 257 Å². The molecule has 2 aliphatic heterocycles. The van der Waals surface area contributed by atoms with Gasteiger partial charge in [0.15, 0.2) is 0 Å². The third-order valence-electron chi connectivity index (χ3n) is 8.55. The topological polar surface area (TPSA) is 123 Å². The van der Waals surface area contributed by atoms with E-state index < -0.39 is 5.54 Å². The maximum Gasteiger partial charge on any atom is 0.264 e. The average Bonchev–Trinajstić information content (AvgIpc) is 3.66. The molecule has 10 heteroatoms. The Bertz CT molecular complexity index is 1700. The third-order valence-corrected chi connectivity index (χ3v) is 8.55. The van der Waals surface area contributed by atoms with E-state index in [0.29, 0.717) is 37.8 Å². The van der Waals surface area contributed by atoms with Crippen LogP contribution in [0.1, 0.15) is 26.7 Å². The molecule has 2 aromatic carbocycles. The molecule has 2 aliphatic rings. The molecular formula is C34H37N7O3. The first-order valence-electron chi connectivity index (χ1n) is 15.0. The zero-order valence-corrected chi connectivity index (χ0v) is 25.1. The van der Waals surface area contributed by atoms with Gasteiger partial charge >= 0.3 is 0 Å². The number of hydrogen-bond acceptors (Lipinski definition) is 8. The number of nitrogen functional groups attached to an aromatic ring is 1. The maximum absolute atomic E-state index is 13.8. The Kier molecular flexibility index (Phi) is 8.33. The number of nitrogens with zero attached hydrogens (tertiary/aromatic N) is 6. The fourth-order valence-electron chi connectivity index (χ4n) is 6.23. The summed E-state index contributed by atoms with van der Waals surface area (Å²) in [6, 6.07) is 19.6. The first-order chi connectivity index (χ1) is 21.3. The largest absolute Gasteiger partial charge is 0.457 e. The number of carbonyl (C=O) groups excluding carboxylic acids is 1. The SMILES string of the molecule is CC(C)(C=C(C#N)C(=O)N1CCCC1Cn1cc(-c2ccc(Oc3ccccc3)cc2)c2c(N)ncnc21)N1CCOCC1. The summed E-state index contributed by atoms with van der Waals surface area (Å²) in [6.07, 6.45) is 7.02. The molecule has 0 spiro atoms. The molecule has 2 saturated heterocycles. The molecule has 0 saturated carbocycles. The van der Waals surface area contributed by atoms with Crippen molar-refractivity contribution >= 4 is 22.8 Å². The number of benzene rings is 2. The molecule has 2 fully saturated rings. The van der Waals surface area contributed by atoms with Crippen LogP contribution in [0, 0.1) is 11.3 Å². The summed E-state index contributed by atoms with van der Waals surface area (Å²) >= 11 is 0. The number of hydrogen-bond donors (Lipinski definition) is 1. The van der Waals surface area contributed by atoms with Crippen LogP contribution in [0.25, 0.3) is 22.2 Å². The molecular weight excluding hydrogens is 554 g/mol. The number of amides is 1. The van der Waals surface area contributed by atoms with Crippen LogP contribution < -0.4 is 10.5 Å². The highest BCUT2D eigenvalue weighted by atomic mass is 16.5. The number of anilines is 1. The fraction of sp³-hybridized carbons (Fsp3) is 0.353. The molecule has 0 bridgehead atoms. The van der Waals surface area contributed by atoms with Gasteiger partial charge in [0.05, 0.1) is 24.6 Å². The first kappa shape index (κ1) is 29.4. The Morgan fingerprint density at radius 2 is 1.82 bits per heavy atom. The number of rotatable bonds is 8. The van der Waals surface area contributed by atoms with Crippen LogP contribution in [0.5, 0.6) is 11.5 Å². The second-order valence-corrected chi connectivity index (χ2v) is 11.8. The van der Waals surface area contributed by atoms with Crippen molar-refractivity contribution in [1.29, 1.82) is 5.26 Å². The van der Waals surface area contributed by atoms with E-state index in [1.54, 1.807) is 0 Å². The van der Waals surface area contributed by atoms with Gasteiger partial charge in [0.1, 0.15) is 40.9 Å². The van der Waals surface area contributed by atoms with Gasteiger partial charge in [-0.2, -0.15) is 5.26 Å². The van der Waals surface area contributed by atoms with Crippen LogP contribution in [0.3, 0.4) is 0 Å². The second kappa shape index (κ2) is 12.5. The maximum atomic E-state index is 13.8. The standard InChI is InChI=1S/C34H37N7O3/c1-34(2,40-15-17-43-18-16-40)19-25(20-35)33(42)41-14-6-7-26(41)21-39-22-29(30-31(36)37-23-38-32(30)39)24-10-12-28(13-11-24)44-27-8-4-3-5-9-27/h3-5,8-13,19,22-23,26H,6-7,14-18,21H2,1-2H3,(H2,36,37,38). The van der Waals surface area contributed by atoms with Gasteiger partial charge in [-0.05, 0) is 62.6 Å². The smallest absolute Gasteiger partial charge is 0.264 e. The highest BCUT2D eigenvalue weighted by Crippen LogP contribution is 2.35. The third kappa shape index (κ3) is 6.02. The van der Waals surface area contributed by atoms with Crippen LogP contribution in [0.2, 0.25) is 0 Å². The molecule has 2 aromatic heterocycles. The Hall–Kier alpha value is -4.72. The van der Waals surface area contributed by atoms with Crippen molar-refractivity contribution in [3.05, 3.63) is 78.8 Å². The zero-order valence-electron chi connectivity index (χ0n) is 25.1. The lowest BCUT2D eigenvalue weighted by molar-refractivity contribution is -0.127. The number of para-hydroxylation sites is 1. The minimum absolute atomic E-state index is 0.0907. The zero-order chi connectivity index (χ0) is 30.7. The predicted octanol–water partition coefficient (Wildman–Crippen LogP) is 5.02. The summed E-state index contributed by atoms with van der Waals surface area (Å²) in [7, 11) is 0. The first-order valence-corrected chi connectivity index (χ1v) is 15.0. The van der Waals surface area contributed by atoms with Crippen molar-refractivity contribution in [2.24, 2.45) is 0 Å². The number of aromatic nitrogens is 3. The summed E-state index contributed by atoms with van der Waals surface area (Å²) in [5.74, 6) is 1.67. The molecule has 0 radical (unpaired) electrons. The Balaban J connectivity index is 1.25. The van der Waals surface area contributed by atoms with Crippen molar-refractivity contribution in [1.82, 2.24) is 24.3 Å². The number of likely N-dealkylation sites (tertiary alicyclic amines) is 1. The second-order valence-electron chi connectivity index (χ2n) is 11.8. The Morgan fingerprint density at radius 3 is 2.55 bits per heavy atom. The number of fused-ring (bicyclic) bond motifs is 1. The van der Waals surface area contributed by atoms with E-state index in [1.165, 1.54) is 6.33 Å². The summed E-state index contributed by atoms with van der Waals surface area (Å²) < 4.78 is 13.5. The highest BCUT2D eigenvalue weighted by Gasteiger charge is 2.34. The van der Waals surface area contributed by atoms with Crippen LogP contribution in [0.4, 0.5) is 5.82 Å². The molecule has 1 unspecified atom stereocenters. The fourth-order valence-corrected chi connectivity index (χ4v) is 6.23. The molecule has 4 aromatic rings.